The fraction of sp³-hybridized carbons (Fsp3) is 0.368. The number of rotatable bonds is 5. The first-order valence-corrected chi connectivity index (χ1v) is 10.1. The third-order valence-electron chi connectivity index (χ3n) is 4.90. The first-order valence-electron chi connectivity index (χ1n) is 8.86. The van der Waals surface area contributed by atoms with E-state index in [1.54, 1.807) is 11.3 Å². The molecule has 1 atom stereocenters. The number of amides is 1. The highest BCUT2D eigenvalue weighted by Crippen LogP contribution is 2.24. The Balaban J connectivity index is 1.59. The van der Waals surface area contributed by atoms with Crippen molar-refractivity contribution in [1.82, 2.24) is 19.6 Å². The minimum atomic E-state index is 0.0422. The lowest BCUT2D eigenvalue weighted by Crippen LogP contribution is -2.30. The van der Waals surface area contributed by atoms with Crippen molar-refractivity contribution in [2.45, 2.75) is 32.4 Å². The predicted molar refractivity (Wildman–Crippen MR) is 105 cm³/mol. The van der Waals surface area contributed by atoms with Gasteiger partial charge in [-0.05, 0) is 31.4 Å². The molecule has 1 amide bonds. The molecule has 4 rings (SSSR count). The number of aromatic nitrogens is 2. The first-order chi connectivity index (χ1) is 12.6. The summed E-state index contributed by atoms with van der Waals surface area (Å²) in [5.74, 6) is 0.0422. The molecule has 1 fully saturated rings. The van der Waals surface area contributed by atoms with Crippen LogP contribution in [0.4, 0.5) is 0 Å². The Morgan fingerprint density at radius 3 is 2.88 bits per heavy atom. The zero-order valence-electron chi connectivity index (χ0n) is 14.6. The molecular formula is C19H21ClN4OS. The summed E-state index contributed by atoms with van der Waals surface area (Å²) in [7, 11) is 0. The van der Waals surface area contributed by atoms with Crippen molar-refractivity contribution in [2.24, 2.45) is 0 Å². The Bertz CT molecular complexity index is 929. The van der Waals surface area contributed by atoms with Crippen LogP contribution in [0.2, 0.25) is 5.02 Å². The van der Waals surface area contributed by atoms with E-state index in [2.05, 4.69) is 17.2 Å². The lowest BCUT2D eigenvalue weighted by Gasteiger charge is -2.17. The zero-order chi connectivity index (χ0) is 18.1. The van der Waals surface area contributed by atoms with Crippen LogP contribution in [0, 0.1) is 0 Å². The number of carbonyl (C=O) groups excluding carboxylic acids is 1. The van der Waals surface area contributed by atoms with E-state index in [-0.39, 0.29) is 11.9 Å². The molecule has 1 N–H and O–H groups in total. The fourth-order valence-electron chi connectivity index (χ4n) is 3.43. The number of fused-ring (bicyclic) bond motifs is 1. The lowest BCUT2D eigenvalue weighted by atomic mass is 10.1. The number of carbonyl (C=O) groups is 1. The number of halogens is 1. The molecule has 5 nitrogen and oxygen atoms in total. The molecule has 1 saturated heterocycles. The Kier molecular flexibility index (Phi) is 4.98. The summed E-state index contributed by atoms with van der Waals surface area (Å²) in [4.78, 5) is 20.3. The van der Waals surface area contributed by atoms with Gasteiger partial charge in [0.25, 0.3) is 5.91 Å². The van der Waals surface area contributed by atoms with Crippen molar-refractivity contribution >= 4 is 33.8 Å². The average Bonchev–Trinajstić information content (AvgIpc) is 3.37. The first kappa shape index (κ1) is 17.5. The molecule has 1 aromatic carbocycles. The number of hydrogen-bond acceptors (Lipinski definition) is 4. The molecule has 7 heteroatoms. The largest absolute Gasteiger partial charge is 0.337 e. The highest BCUT2D eigenvalue weighted by atomic mass is 35.5. The monoisotopic (exact) mass is 388 g/mol. The van der Waals surface area contributed by atoms with E-state index in [0.717, 1.165) is 47.2 Å². The molecule has 2 aromatic heterocycles. The van der Waals surface area contributed by atoms with Crippen molar-refractivity contribution in [1.29, 1.82) is 0 Å². The van der Waals surface area contributed by atoms with Crippen LogP contribution in [0.25, 0.3) is 4.96 Å². The summed E-state index contributed by atoms with van der Waals surface area (Å²) in [6.07, 6.45) is 4.13. The minimum absolute atomic E-state index is 0.0422. The van der Waals surface area contributed by atoms with E-state index >= 15 is 0 Å². The second-order valence-corrected chi connectivity index (χ2v) is 7.87. The standard InChI is InChI=1S/C19H21ClN4OS/c1-13(14-6-2-3-7-15(14)20)21-12-16-17(18(25)23-8-4-5-9-23)22-19-24(16)10-11-26-19/h2-3,6-7,10-11,13,21H,4-5,8-9,12H2,1H3/t13-/m0/s1. The van der Waals surface area contributed by atoms with Gasteiger partial charge in [0.05, 0.1) is 5.69 Å². The molecule has 26 heavy (non-hydrogen) atoms. The van der Waals surface area contributed by atoms with Gasteiger partial charge in [0.1, 0.15) is 0 Å². The molecule has 0 radical (unpaired) electrons. The fourth-order valence-corrected chi connectivity index (χ4v) is 4.46. The smallest absolute Gasteiger partial charge is 0.274 e. The second-order valence-electron chi connectivity index (χ2n) is 6.59. The van der Waals surface area contributed by atoms with Crippen molar-refractivity contribution in [3.05, 3.63) is 57.8 Å². The quantitative estimate of drug-likeness (QED) is 0.714. The van der Waals surface area contributed by atoms with E-state index in [1.807, 2.05) is 45.1 Å². The molecule has 3 aromatic rings. The molecular weight excluding hydrogens is 368 g/mol. The lowest BCUT2D eigenvalue weighted by molar-refractivity contribution is 0.0786. The minimum Gasteiger partial charge on any atom is -0.337 e. The van der Waals surface area contributed by atoms with E-state index in [0.29, 0.717) is 12.2 Å². The van der Waals surface area contributed by atoms with Gasteiger partial charge in [0, 0.05) is 42.3 Å². The van der Waals surface area contributed by atoms with Gasteiger partial charge in [-0.25, -0.2) is 4.98 Å². The Labute approximate surface area is 161 Å². The summed E-state index contributed by atoms with van der Waals surface area (Å²) < 4.78 is 2.01. The van der Waals surface area contributed by atoms with Crippen molar-refractivity contribution in [3.63, 3.8) is 0 Å². The molecule has 0 bridgehead atoms. The maximum absolute atomic E-state index is 12.9. The van der Waals surface area contributed by atoms with E-state index in [9.17, 15) is 4.79 Å². The van der Waals surface area contributed by atoms with Crippen LogP contribution in [0.1, 0.15) is 47.6 Å². The highest BCUT2D eigenvalue weighted by Gasteiger charge is 2.26. The Hall–Kier alpha value is -1.89. The molecule has 3 heterocycles. The number of nitrogens with one attached hydrogen (secondary N) is 1. The SMILES string of the molecule is C[C@H](NCc1c(C(=O)N2CCCC2)nc2sccn12)c1ccccc1Cl. The number of thiazole rings is 1. The Morgan fingerprint density at radius 1 is 1.35 bits per heavy atom. The molecule has 0 unspecified atom stereocenters. The van der Waals surface area contributed by atoms with Gasteiger partial charge < -0.3 is 10.2 Å². The summed E-state index contributed by atoms with van der Waals surface area (Å²) >= 11 is 7.86. The zero-order valence-corrected chi connectivity index (χ0v) is 16.2. The van der Waals surface area contributed by atoms with Gasteiger partial charge >= 0.3 is 0 Å². The van der Waals surface area contributed by atoms with E-state index in [1.165, 1.54) is 0 Å². The van der Waals surface area contributed by atoms with Gasteiger partial charge in [-0.2, -0.15) is 0 Å². The highest BCUT2D eigenvalue weighted by molar-refractivity contribution is 7.15. The van der Waals surface area contributed by atoms with E-state index < -0.39 is 0 Å². The van der Waals surface area contributed by atoms with Crippen LogP contribution in [0.5, 0.6) is 0 Å². The molecule has 0 spiro atoms. The van der Waals surface area contributed by atoms with Gasteiger partial charge in [-0.15, -0.1) is 11.3 Å². The van der Waals surface area contributed by atoms with Crippen LogP contribution in [0.15, 0.2) is 35.8 Å². The number of imidazole rings is 1. The summed E-state index contributed by atoms with van der Waals surface area (Å²) in [5, 5.41) is 6.24. The number of hydrogen-bond donors (Lipinski definition) is 1. The Morgan fingerprint density at radius 2 is 2.12 bits per heavy atom. The van der Waals surface area contributed by atoms with Crippen molar-refractivity contribution < 1.29 is 4.79 Å². The predicted octanol–water partition coefficient (Wildman–Crippen LogP) is 4.14. The van der Waals surface area contributed by atoms with E-state index in [4.69, 9.17) is 11.6 Å². The number of likely N-dealkylation sites (tertiary alicyclic amines) is 1. The maximum atomic E-state index is 12.9. The average molecular weight is 389 g/mol. The number of benzene rings is 1. The summed E-state index contributed by atoms with van der Waals surface area (Å²) in [6, 6.07) is 7.90. The maximum Gasteiger partial charge on any atom is 0.274 e. The summed E-state index contributed by atoms with van der Waals surface area (Å²) in [6.45, 7) is 4.29. The molecule has 0 aliphatic carbocycles. The third-order valence-corrected chi connectivity index (χ3v) is 6.01. The number of nitrogens with zero attached hydrogens (tertiary/aromatic N) is 3. The second kappa shape index (κ2) is 7.39. The van der Waals surface area contributed by atoms with Crippen LogP contribution in [-0.4, -0.2) is 33.3 Å². The van der Waals surface area contributed by atoms with Crippen LogP contribution < -0.4 is 5.32 Å². The van der Waals surface area contributed by atoms with Crippen LogP contribution in [0.3, 0.4) is 0 Å². The third kappa shape index (κ3) is 3.24. The van der Waals surface area contributed by atoms with Gasteiger partial charge in [0.15, 0.2) is 10.7 Å². The van der Waals surface area contributed by atoms with Crippen molar-refractivity contribution in [2.75, 3.05) is 13.1 Å². The topological polar surface area (TPSA) is 49.6 Å². The molecule has 0 saturated carbocycles. The molecule has 136 valence electrons. The van der Waals surface area contributed by atoms with Gasteiger partial charge in [-0.1, -0.05) is 29.8 Å². The van der Waals surface area contributed by atoms with Gasteiger partial charge in [0.2, 0.25) is 0 Å². The van der Waals surface area contributed by atoms with Gasteiger partial charge in [-0.3, -0.25) is 9.20 Å². The van der Waals surface area contributed by atoms with Crippen LogP contribution >= 0.6 is 22.9 Å². The molecule has 1 aliphatic heterocycles. The molecule has 1 aliphatic rings. The van der Waals surface area contributed by atoms with Crippen LogP contribution in [-0.2, 0) is 6.54 Å². The summed E-state index contributed by atoms with van der Waals surface area (Å²) in [5.41, 5.74) is 2.53. The van der Waals surface area contributed by atoms with Crippen molar-refractivity contribution in [3.8, 4) is 0 Å². The normalized spacial score (nSPS) is 15.7.